The first-order chi connectivity index (χ1) is 26.0. The molecule has 4 aliphatic heterocycles. The highest BCUT2D eigenvalue weighted by atomic mass is 16.8. The van der Waals surface area contributed by atoms with Crippen LogP contribution in [-0.2, 0) is 35.1 Å². The number of aliphatic hydroxyl groups excluding tert-OH is 3. The molecule has 0 aromatic heterocycles. The lowest BCUT2D eigenvalue weighted by atomic mass is 9.66. The zero-order valence-electron chi connectivity index (χ0n) is 28.7. The van der Waals surface area contributed by atoms with Crippen LogP contribution in [0.25, 0.3) is 0 Å². The number of nitro groups is 1. The Morgan fingerprint density at radius 2 is 1.70 bits per heavy atom. The first-order valence-corrected chi connectivity index (χ1v) is 17.0. The summed E-state index contributed by atoms with van der Waals surface area (Å²) in [7, 11) is 1.33. The molecule has 1 aliphatic carbocycles. The number of non-ortho nitro benzene ring substituents is 1. The van der Waals surface area contributed by atoms with Gasteiger partial charge in [-0.05, 0) is 60.0 Å². The molecule has 4 heterocycles. The van der Waals surface area contributed by atoms with E-state index in [2.05, 4.69) is 0 Å². The summed E-state index contributed by atoms with van der Waals surface area (Å²) in [4.78, 5) is 36.9. The number of hydrogen-bond acceptors (Lipinski definition) is 17. The Labute approximate surface area is 306 Å². The number of hydrogen-bond donors (Lipinski definition) is 3. The molecule has 286 valence electrons. The van der Waals surface area contributed by atoms with E-state index in [0.717, 1.165) is 12.1 Å². The van der Waals surface area contributed by atoms with Crippen LogP contribution in [0.2, 0.25) is 0 Å². The van der Waals surface area contributed by atoms with Crippen LogP contribution in [0.15, 0.2) is 48.5 Å². The Balaban J connectivity index is 1.14. The summed E-state index contributed by atoms with van der Waals surface area (Å²) in [5.74, 6) is -2.14. The molecule has 3 N–H and O–H groups in total. The number of fused-ring (bicyclic) bond motifs is 4. The van der Waals surface area contributed by atoms with Crippen LogP contribution < -0.4 is 23.7 Å². The highest BCUT2D eigenvalue weighted by molar-refractivity contribution is 5.79. The minimum absolute atomic E-state index is 0.0225. The summed E-state index contributed by atoms with van der Waals surface area (Å²) < 4.78 is 57.2. The smallest absolute Gasteiger partial charge is 0.493 e. The third-order valence-electron chi connectivity index (χ3n) is 10.2. The normalized spacial score (nSPS) is 30.7. The van der Waals surface area contributed by atoms with Gasteiger partial charge in [-0.25, -0.2) is 4.79 Å². The van der Waals surface area contributed by atoms with Crippen LogP contribution >= 0.6 is 0 Å². The van der Waals surface area contributed by atoms with E-state index in [9.17, 15) is 35.0 Å². The molecule has 6 unspecified atom stereocenters. The first-order valence-electron chi connectivity index (χ1n) is 17.0. The molecular formula is C36H35NO17. The van der Waals surface area contributed by atoms with Crippen LogP contribution in [0, 0.1) is 22.0 Å². The molecule has 54 heavy (non-hydrogen) atoms. The zero-order valence-corrected chi connectivity index (χ0v) is 28.7. The Morgan fingerprint density at radius 3 is 2.41 bits per heavy atom. The Morgan fingerprint density at radius 1 is 0.963 bits per heavy atom. The number of methoxy groups -OCH3 is 1. The molecular weight excluding hydrogens is 718 g/mol. The van der Waals surface area contributed by atoms with E-state index in [4.69, 9.17) is 47.4 Å². The summed E-state index contributed by atoms with van der Waals surface area (Å²) in [6.45, 7) is 1.04. The second-order valence-electron chi connectivity index (χ2n) is 13.3. The van der Waals surface area contributed by atoms with Gasteiger partial charge >= 0.3 is 12.1 Å². The lowest BCUT2D eigenvalue weighted by Gasteiger charge is -2.47. The third kappa shape index (κ3) is 6.34. The van der Waals surface area contributed by atoms with Crippen molar-refractivity contribution in [3.05, 3.63) is 80.9 Å². The van der Waals surface area contributed by atoms with Gasteiger partial charge in [0, 0.05) is 29.5 Å². The van der Waals surface area contributed by atoms with E-state index < -0.39 is 84.5 Å². The third-order valence-corrected chi connectivity index (χ3v) is 10.2. The van der Waals surface area contributed by atoms with Crippen LogP contribution in [0.1, 0.15) is 41.2 Å². The number of nitrogens with zero attached hydrogens (tertiary/aromatic N) is 1. The van der Waals surface area contributed by atoms with Gasteiger partial charge in [0.25, 0.3) is 5.69 Å². The second-order valence-corrected chi connectivity index (χ2v) is 13.3. The van der Waals surface area contributed by atoms with Crippen LogP contribution in [0.4, 0.5) is 10.5 Å². The van der Waals surface area contributed by atoms with Gasteiger partial charge in [0.2, 0.25) is 6.79 Å². The Hall–Kier alpha value is -5.08. The molecule has 3 aromatic rings. The van der Waals surface area contributed by atoms with Crippen molar-refractivity contribution in [2.45, 2.75) is 62.5 Å². The summed E-state index contributed by atoms with van der Waals surface area (Å²) >= 11 is 0. The molecule has 0 amide bonds. The molecule has 3 saturated heterocycles. The maximum absolute atomic E-state index is 13.7. The minimum atomic E-state index is -1.51. The fourth-order valence-corrected chi connectivity index (χ4v) is 7.73. The van der Waals surface area contributed by atoms with Crippen molar-refractivity contribution in [2.75, 3.05) is 27.1 Å². The van der Waals surface area contributed by atoms with E-state index >= 15 is 0 Å². The van der Waals surface area contributed by atoms with Crippen molar-refractivity contribution in [1.29, 1.82) is 0 Å². The van der Waals surface area contributed by atoms with E-state index in [0.29, 0.717) is 28.2 Å². The Kier molecular flexibility index (Phi) is 9.51. The molecule has 0 bridgehead atoms. The average molecular weight is 754 g/mol. The summed E-state index contributed by atoms with van der Waals surface area (Å²) in [6.07, 6.45) is -8.54. The van der Waals surface area contributed by atoms with E-state index in [1.54, 1.807) is 31.2 Å². The van der Waals surface area contributed by atoms with Gasteiger partial charge in [-0.2, -0.15) is 0 Å². The predicted molar refractivity (Wildman–Crippen MR) is 176 cm³/mol. The number of aliphatic hydroxyl groups is 3. The number of ether oxygens (including phenoxy) is 10. The minimum Gasteiger partial charge on any atom is -0.493 e. The molecule has 18 nitrogen and oxygen atoms in total. The highest BCUT2D eigenvalue weighted by Gasteiger charge is 2.56. The van der Waals surface area contributed by atoms with Gasteiger partial charge < -0.3 is 62.7 Å². The quantitative estimate of drug-likeness (QED) is 0.130. The predicted octanol–water partition coefficient (Wildman–Crippen LogP) is 2.60. The van der Waals surface area contributed by atoms with Crippen molar-refractivity contribution in [3.8, 4) is 28.7 Å². The Bertz CT molecular complexity index is 1930. The van der Waals surface area contributed by atoms with Gasteiger partial charge in [-0.15, -0.1) is 0 Å². The van der Waals surface area contributed by atoms with Crippen molar-refractivity contribution >= 4 is 17.8 Å². The number of nitro benzene ring substituents is 1. The molecule has 3 fully saturated rings. The lowest BCUT2D eigenvalue weighted by Crippen LogP contribution is -2.63. The average Bonchev–Trinajstić information content (AvgIpc) is 3.79. The van der Waals surface area contributed by atoms with Gasteiger partial charge in [0.1, 0.15) is 30.2 Å². The van der Waals surface area contributed by atoms with Crippen LogP contribution in [0.3, 0.4) is 0 Å². The largest absolute Gasteiger partial charge is 0.519 e. The van der Waals surface area contributed by atoms with E-state index in [1.807, 2.05) is 0 Å². The number of cyclic esters (lactones) is 1. The van der Waals surface area contributed by atoms with E-state index in [-0.39, 0.29) is 48.5 Å². The number of rotatable bonds is 8. The van der Waals surface area contributed by atoms with Gasteiger partial charge in [-0.1, -0.05) is 0 Å². The van der Waals surface area contributed by atoms with Crippen LogP contribution in [0.5, 0.6) is 28.7 Å². The van der Waals surface area contributed by atoms with Gasteiger partial charge in [0.15, 0.2) is 35.6 Å². The molecule has 0 radical (unpaired) electrons. The van der Waals surface area contributed by atoms with E-state index in [1.165, 1.54) is 19.2 Å². The van der Waals surface area contributed by atoms with Crippen LogP contribution in [-0.4, -0.2) is 96.5 Å². The maximum atomic E-state index is 13.7. The fourth-order valence-electron chi connectivity index (χ4n) is 7.73. The molecule has 3 aromatic carbocycles. The van der Waals surface area contributed by atoms with Crippen molar-refractivity contribution in [2.24, 2.45) is 11.8 Å². The first kappa shape index (κ1) is 35.9. The van der Waals surface area contributed by atoms with Gasteiger partial charge in [0.05, 0.1) is 43.9 Å². The second kappa shape index (κ2) is 14.3. The van der Waals surface area contributed by atoms with Crippen molar-refractivity contribution in [3.63, 3.8) is 0 Å². The fraction of sp³-hybridized carbons (Fsp3) is 0.444. The number of carbonyl (C=O) groups is 2. The molecule has 18 heteroatoms. The summed E-state index contributed by atoms with van der Waals surface area (Å²) in [6, 6.07) is 11.4. The molecule has 0 spiro atoms. The molecule has 5 aliphatic rings. The van der Waals surface area contributed by atoms with Crippen molar-refractivity contribution in [1.82, 2.24) is 0 Å². The maximum Gasteiger partial charge on any atom is 0.519 e. The number of carbonyl (C=O) groups excluding carboxylic acids is 2. The number of benzene rings is 3. The SMILES string of the molecule is COc1cc([C@@H]2c3cc4c(cc3[C@@H](OC3OC5COC(C)OC5C(O)C3O)[C@H]3COC(=O)[C@H]23)OCO4)cc(CO)c1OC(=O)Oc1ccc([N+](=O)[O-])cc1. The molecule has 10 atom stereocenters. The molecule has 0 saturated carbocycles. The summed E-state index contributed by atoms with van der Waals surface area (Å²) in [5, 5.41) is 43.7. The summed E-state index contributed by atoms with van der Waals surface area (Å²) in [5.41, 5.74) is 1.53. The standard InChI is InChI=1S/C36H35NO17/c1-15-46-13-26-33(50-15)29(39)30(40)35(52-26)53-32-21-10-24-23(48-14-49-24)9-20(21)27(28-22(32)12-47-34(28)41)16-7-17(11-38)31(25(8-16)45-2)54-36(42)51-19-5-3-18(4-6-19)37(43)44/h3-10,15,22,26-30,32-33,35,38-40H,11-14H2,1-2H3/t15?,22-,26?,27+,28-,29?,30?,32+,33?,35?/m0/s1. The lowest BCUT2D eigenvalue weighted by molar-refractivity contribution is -0.384. The number of esters is 1. The zero-order chi connectivity index (χ0) is 37.8. The molecule has 8 rings (SSSR count). The van der Waals surface area contributed by atoms with Crippen molar-refractivity contribution < 1.29 is 77.2 Å². The topological polar surface area (TPSA) is 230 Å². The monoisotopic (exact) mass is 753 g/mol. The van der Waals surface area contributed by atoms with Gasteiger partial charge in [-0.3, -0.25) is 14.9 Å². The highest BCUT2D eigenvalue weighted by Crippen LogP contribution is 2.56.